The molecule has 0 saturated heterocycles. The molecule has 0 bridgehead atoms. The Morgan fingerprint density at radius 1 is 0.667 bits per heavy atom. The maximum Gasteiger partial charge on any atom is 0.341 e. The van der Waals surface area contributed by atoms with Gasteiger partial charge in [-0.15, -0.1) is 22.7 Å². The van der Waals surface area contributed by atoms with Crippen molar-refractivity contribution < 1.29 is 28.7 Å². The van der Waals surface area contributed by atoms with E-state index in [4.69, 9.17) is 9.47 Å². The van der Waals surface area contributed by atoms with E-state index in [1.54, 1.807) is 27.7 Å². The van der Waals surface area contributed by atoms with Crippen molar-refractivity contribution in [2.24, 2.45) is 0 Å². The second-order valence-corrected chi connectivity index (χ2v) is 11.6. The van der Waals surface area contributed by atoms with E-state index >= 15 is 0 Å². The third-order valence-corrected chi connectivity index (χ3v) is 7.67. The minimum absolute atomic E-state index is 0.213. The Hall–Kier alpha value is -2.72. The monoisotopic (exact) mass is 536 g/mol. The number of rotatable bonds is 11. The molecule has 2 aromatic heterocycles. The van der Waals surface area contributed by atoms with Crippen molar-refractivity contribution in [2.45, 2.75) is 93.3 Å². The highest BCUT2D eigenvalue weighted by molar-refractivity contribution is 7.17. The first-order valence-corrected chi connectivity index (χ1v) is 13.7. The average molecular weight is 537 g/mol. The highest BCUT2D eigenvalue weighted by atomic mass is 32.1. The molecule has 0 unspecified atom stereocenters. The number of nitrogens with one attached hydrogen (secondary N) is 2. The zero-order valence-corrected chi connectivity index (χ0v) is 23.9. The fourth-order valence-electron chi connectivity index (χ4n) is 3.42. The highest BCUT2D eigenvalue weighted by Crippen LogP contribution is 2.34. The summed E-state index contributed by atoms with van der Waals surface area (Å²) in [5.74, 6) is -1.35. The third kappa shape index (κ3) is 7.89. The molecule has 0 spiro atoms. The summed E-state index contributed by atoms with van der Waals surface area (Å²) < 4.78 is 10.6. The predicted molar refractivity (Wildman–Crippen MR) is 144 cm³/mol. The maximum atomic E-state index is 12.5. The molecule has 8 nitrogen and oxygen atoms in total. The van der Waals surface area contributed by atoms with Crippen LogP contribution in [-0.2, 0) is 19.1 Å². The second kappa shape index (κ2) is 13.0. The Morgan fingerprint density at radius 3 is 1.31 bits per heavy atom. The normalized spacial score (nSPS) is 11.1. The number of thiophene rings is 2. The summed E-state index contributed by atoms with van der Waals surface area (Å²) in [6.45, 7) is 14.6. The molecule has 0 aromatic carbocycles. The van der Waals surface area contributed by atoms with Crippen LogP contribution in [0.1, 0.15) is 95.0 Å². The van der Waals surface area contributed by atoms with Crippen LogP contribution in [0.4, 0.5) is 10.0 Å². The number of esters is 2. The molecular weight excluding hydrogens is 500 g/mol. The minimum atomic E-state index is -0.450. The molecule has 36 heavy (non-hydrogen) atoms. The summed E-state index contributed by atoms with van der Waals surface area (Å²) in [6, 6.07) is 0. The van der Waals surface area contributed by atoms with E-state index in [1.165, 1.54) is 22.7 Å². The molecule has 0 radical (unpaired) electrons. The lowest BCUT2D eigenvalue weighted by atomic mass is 10.1. The van der Waals surface area contributed by atoms with E-state index in [9.17, 15) is 19.2 Å². The van der Waals surface area contributed by atoms with E-state index in [2.05, 4.69) is 10.6 Å². The van der Waals surface area contributed by atoms with E-state index in [-0.39, 0.29) is 36.9 Å². The summed E-state index contributed by atoms with van der Waals surface area (Å²) in [5, 5.41) is 6.63. The summed E-state index contributed by atoms with van der Waals surface area (Å²) in [6.07, 6.45) is 0.908. The van der Waals surface area contributed by atoms with Gasteiger partial charge in [0, 0.05) is 22.6 Å². The van der Waals surface area contributed by atoms with E-state index in [1.807, 2.05) is 27.7 Å². The van der Waals surface area contributed by atoms with Crippen LogP contribution in [0.25, 0.3) is 0 Å². The number of hydrogen-bond donors (Lipinski definition) is 2. The van der Waals surface area contributed by atoms with Crippen LogP contribution in [0.3, 0.4) is 0 Å². The van der Waals surface area contributed by atoms with Gasteiger partial charge in [-0.2, -0.15) is 0 Å². The first-order valence-electron chi connectivity index (χ1n) is 12.0. The highest BCUT2D eigenvalue weighted by Gasteiger charge is 2.24. The number of carbonyl (C=O) groups is 4. The number of anilines is 2. The van der Waals surface area contributed by atoms with Crippen molar-refractivity contribution >= 4 is 56.4 Å². The topological polar surface area (TPSA) is 111 Å². The Kier molecular flexibility index (Phi) is 10.7. The number of carbonyl (C=O) groups excluding carboxylic acids is 4. The van der Waals surface area contributed by atoms with E-state index in [0.717, 1.165) is 20.9 Å². The van der Waals surface area contributed by atoms with Gasteiger partial charge < -0.3 is 20.1 Å². The standard InChI is InChI=1S/C26H36N2O6S2/c1-13(2)33-25(31)21-15(5)17(7)35-23(21)27-19(29)11-9-10-12-20(30)28-24-22(16(6)18(8)36-24)26(32)34-14(3)4/h13-14H,9-12H2,1-8H3,(H,27,29)(H,28,30). The molecule has 0 atom stereocenters. The Labute approximate surface area is 220 Å². The Bertz CT molecular complexity index is 1040. The van der Waals surface area contributed by atoms with Gasteiger partial charge in [0.1, 0.15) is 10.0 Å². The molecule has 2 rings (SSSR count). The first kappa shape index (κ1) is 29.5. The third-order valence-electron chi connectivity index (χ3n) is 5.43. The smallest absolute Gasteiger partial charge is 0.341 e. The van der Waals surface area contributed by atoms with Crippen LogP contribution < -0.4 is 10.6 Å². The SMILES string of the molecule is Cc1sc(NC(=O)CCCCC(=O)Nc2sc(C)c(C)c2C(=O)OC(C)C)c(C(=O)OC(C)C)c1C. The van der Waals surface area contributed by atoms with E-state index < -0.39 is 11.9 Å². The summed E-state index contributed by atoms with van der Waals surface area (Å²) >= 11 is 2.69. The number of aryl methyl sites for hydroxylation is 2. The van der Waals surface area contributed by atoms with Crippen LogP contribution in [-0.4, -0.2) is 36.0 Å². The number of ether oxygens (including phenoxy) is 2. The molecule has 2 heterocycles. The first-order chi connectivity index (χ1) is 16.8. The molecule has 2 N–H and O–H groups in total. The number of unbranched alkanes of at least 4 members (excludes halogenated alkanes) is 1. The second-order valence-electron chi connectivity index (χ2n) is 9.19. The zero-order valence-electron chi connectivity index (χ0n) is 22.2. The van der Waals surface area contributed by atoms with Crippen LogP contribution in [0.15, 0.2) is 0 Å². The summed E-state index contributed by atoms with van der Waals surface area (Å²) in [7, 11) is 0. The molecule has 2 aromatic rings. The quantitative estimate of drug-likeness (QED) is 0.257. The van der Waals surface area contributed by atoms with Crippen LogP contribution >= 0.6 is 22.7 Å². The Morgan fingerprint density at radius 2 is 1.00 bits per heavy atom. The summed E-state index contributed by atoms with van der Waals surface area (Å²) in [5.41, 5.74) is 2.39. The lowest BCUT2D eigenvalue weighted by Crippen LogP contribution is -2.17. The molecule has 10 heteroatoms. The van der Waals surface area contributed by atoms with Gasteiger partial charge in [0.25, 0.3) is 0 Å². The van der Waals surface area contributed by atoms with E-state index in [0.29, 0.717) is 34.0 Å². The maximum absolute atomic E-state index is 12.5. The van der Waals surface area contributed by atoms with Crippen LogP contribution in [0.2, 0.25) is 0 Å². The minimum Gasteiger partial charge on any atom is -0.459 e. The molecule has 2 amide bonds. The summed E-state index contributed by atoms with van der Waals surface area (Å²) in [4.78, 5) is 51.8. The fourth-order valence-corrected chi connectivity index (χ4v) is 5.55. The van der Waals surface area contributed by atoms with Gasteiger partial charge in [0.2, 0.25) is 11.8 Å². The molecule has 0 saturated carbocycles. The van der Waals surface area contributed by atoms with Gasteiger partial charge in [-0.05, 0) is 79.4 Å². The molecule has 0 aliphatic carbocycles. The van der Waals surface area contributed by atoms with Gasteiger partial charge >= 0.3 is 11.9 Å². The predicted octanol–water partition coefficient (Wildman–Crippen LogP) is 6.31. The van der Waals surface area contributed by atoms with Crippen molar-refractivity contribution in [3.8, 4) is 0 Å². The van der Waals surface area contributed by atoms with Gasteiger partial charge in [0.05, 0.1) is 23.3 Å². The van der Waals surface area contributed by atoms with Gasteiger partial charge in [0.15, 0.2) is 0 Å². The average Bonchev–Trinajstić information content (AvgIpc) is 3.18. The van der Waals surface area contributed by atoms with Crippen LogP contribution in [0, 0.1) is 27.7 Å². The van der Waals surface area contributed by atoms with Crippen molar-refractivity contribution in [3.05, 3.63) is 32.0 Å². The molecular formula is C26H36N2O6S2. The fraction of sp³-hybridized carbons (Fsp3) is 0.538. The van der Waals surface area contributed by atoms with Gasteiger partial charge in [-0.25, -0.2) is 9.59 Å². The zero-order chi connectivity index (χ0) is 27.2. The number of hydrogen-bond acceptors (Lipinski definition) is 8. The van der Waals surface area contributed by atoms with Crippen molar-refractivity contribution in [3.63, 3.8) is 0 Å². The molecule has 198 valence electrons. The molecule has 0 fully saturated rings. The van der Waals surface area contributed by atoms with Crippen molar-refractivity contribution in [1.82, 2.24) is 0 Å². The number of amides is 2. The largest absolute Gasteiger partial charge is 0.459 e. The lowest BCUT2D eigenvalue weighted by molar-refractivity contribution is -0.118. The van der Waals surface area contributed by atoms with Crippen LogP contribution in [0.5, 0.6) is 0 Å². The van der Waals surface area contributed by atoms with Crippen molar-refractivity contribution in [1.29, 1.82) is 0 Å². The molecule has 0 aliphatic heterocycles. The Balaban J connectivity index is 1.89. The molecule has 0 aliphatic rings. The van der Waals surface area contributed by atoms with Gasteiger partial charge in [-0.3, -0.25) is 9.59 Å². The van der Waals surface area contributed by atoms with Gasteiger partial charge in [-0.1, -0.05) is 0 Å². The van der Waals surface area contributed by atoms with Crippen molar-refractivity contribution in [2.75, 3.05) is 10.6 Å². The lowest BCUT2D eigenvalue weighted by Gasteiger charge is -2.11.